The van der Waals surface area contributed by atoms with Gasteiger partial charge in [-0.1, -0.05) is 12.2 Å². The zero-order valence-corrected chi connectivity index (χ0v) is 10.6. The molecular weight excluding hydrogens is 328 g/mol. The van der Waals surface area contributed by atoms with Crippen LogP contribution in [0.3, 0.4) is 0 Å². The monoisotopic (exact) mass is 334 g/mol. The van der Waals surface area contributed by atoms with Crippen molar-refractivity contribution in [3.05, 3.63) is 21.1 Å². The molecule has 0 aliphatic heterocycles. The SMILES string of the molecule is FC(F)C(F)(F)COCc1ncc(Br)c(=S)[nH]1. The van der Waals surface area contributed by atoms with Gasteiger partial charge in [-0.3, -0.25) is 0 Å². The van der Waals surface area contributed by atoms with Gasteiger partial charge in [0.25, 0.3) is 0 Å². The third-order valence-electron chi connectivity index (χ3n) is 1.66. The summed E-state index contributed by atoms with van der Waals surface area (Å²) in [6.07, 6.45) is -2.39. The van der Waals surface area contributed by atoms with Gasteiger partial charge in [-0.15, -0.1) is 0 Å². The zero-order chi connectivity index (χ0) is 13.1. The minimum Gasteiger partial charge on any atom is -0.367 e. The molecule has 17 heavy (non-hydrogen) atoms. The number of hydrogen-bond donors (Lipinski definition) is 1. The van der Waals surface area contributed by atoms with E-state index in [9.17, 15) is 17.6 Å². The van der Waals surface area contributed by atoms with E-state index in [-0.39, 0.29) is 12.4 Å². The summed E-state index contributed by atoms with van der Waals surface area (Å²) in [7, 11) is 0. The van der Waals surface area contributed by atoms with Crippen molar-refractivity contribution in [2.45, 2.75) is 19.0 Å². The number of hydrogen-bond acceptors (Lipinski definition) is 3. The number of halogens is 5. The number of aromatic nitrogens is 2. The number of H-pyrrole nitrogens is 1. The van der Waals surface area contributed by atoms with Gasteiger partial charge in [0.05, 0.1) is 4.47 Å². The highest BCUT2D eigenvalue weighted by atomic mass is 79.9. The molecule has 0 spiro atoms. The van der Waals surface area contributed by atoms with Gasteiger partial charge >= 0.3 is 12.3 Å². The topological polar surface area (TPSA) is 37.9 Å². The molecular formula is C8H7BrF4N2OS. The molecule has 0 aliphatic carbocycles. The van der Waals surface area contributed by atoms with E-state index in [0.717, 1.165) is 0 Å². The van der Waals surface area contributed by atoms with Crippen molar-refractivity contribution in [3.8, 4) is 0 Å². The van der Waals surface area contributed by atoms with E-state index in [1.54, 1.807) is 0 Å². The lowest BCUT2D eigenvalue weighted by Gasteiger charge is -2.14. The smallest absolute Gasteiger partial charge is 0.330 e. The van der Waals surface area contributed by atoms with Gasteiger partial charge in [-0.25, -0.2) is 13.8 Å². The number of nitrogens with one attached hydrogen (secondary N) is 1. The molecule has 0 amide bonds. The van der Waals surface area contributed by atoms with Gasteiger partial charge in [-0.05, 0) is 15.9 Å². The molecule has 0 bridgehead atoms. The van der Waals surface area contributed by atoms with Gasteiger partial charge in [0.2, 0.25) is 0 Å². The Morgan fingerprint density at radius 2 is 2.18 bits per heavy atom. The summed E-state index contributed by atoms with van der Waals surface area (Å²) >= 11 is 7.93. The minimum atomic E-state index is -4.16. The summed E-state index contributed by atoms with van der Waals surface area (Å²) < 4.78 is 53.8. The van der Waals surface area contributed by atoms with Gasteiger partial charge in [-0.2, -0.15) is 8.78 Å². The van der Waals surface area contributed by atoms with Crippen LogP contribution in [0.2, 0.25) is 0 Å². The van der Waals surface area contributed by atoms with Crippen LogP contribution in [0, 0.1) is 4.64 Å². The summed E-state index contributed by atoms with van der Waals surface area (Å²) in [6.45, 7) is -1.72. The van der Waals surface area contributed by atoms with E-state index in [1.165, 1.54) is 6.20 Å². The van der Waals surface area contributed by atoms with Crippen molar-refractivity contribution >= 4 is 28.1 Å². The predicted octanol–water partition coefficient (Wildman–Crippen LogP) is 3.32. The number of alkyl halides is 4. The van der Waals surface area contributed by atoms with Crippen LogP contribution in [0.25, 0.3) is 0 Å². The summed E-state index contributed by atoms with van der Waals surface area (Å²) in [6, 6.07) is 0. The van der Waals surface area contributed by atoms with Crippen LogP contribution in [0.1, 0.15) is 5.82 Å². The third-order valence-corrected chi connectivity index (χ3v) is 2.85. The quantitative estimate of drug-likeness (QED) is 0.663. The van der Waals surface area contributed by atoms with Crippen LogP contribution < -0.4 is 0 Å². The van der Waals surface area contributed by atoms with Crippen molar-refractivity contribution in [1.29, 1.82) is 0 Å². The van der Waals surface area contributed by atoms with E-state index in [1.807, 2.05) is 0 Å². The zero-order valence-electron chi connectivity index (χ0n) is 8.22. The number of aromatic amines is 1. The lowest BCUT2D eigenvalue weighted by atomic mass is 10.4. The first-order valence-corrected chi connectivity index (χ1v) is 5.50. The Hall–Kier alpha value is -0.540. The van der Waals surface area contributed by atoms with E-state index in [2.05, 4.69) is 30.6 Å². The molecule has 0 unspecified atom stereocenters. The van der Waals surface area contributed by atoms with Crippen molar-refractivity contribution in [1.82, 2.24) is 9.97 Å². The fourth-order valence-electron chi connectivity index (χ4n) is 0.836. The Labute approximate surface area is 107 Å². The van der Waals surface area contributed by atoms with Crippen molar-refractivity contribution in [3.63, 3.8) is 0 Å². The van der Waals surface area contributed by atoms with Crippen molar-refractivity contribution < 1.29 is 22.3 Å². The van der Waals surface area contributed by atoms with E-state index in [0.29, 0.717) is 9.11 Å². The van der Waals surface area contributed by atoms with Crippen LogP contribution in [0.4, 0.5) is 17.6 Å². The largest absolute Gasteiger partial charge is 0.367 e. The van der Waals surface area contributed by atoms with Gasteiger partial charge in [0, 0.05) is 6.20 Å². The molecule has 1 rings (SSSR count). The number of nitrogens with zero attached hydrogens (tertiary/aromatic N) is 1. The second-order valence-corrected chi connectivity index (χ2v) is 4.32. The molecule has 0 fully saturated rings. The second-order valence-electron chi connectivity index (χ2n) is 3.06. The predicted molar refractivity (Wildman–Crippen MR) is 57.7 cm³/mol. The first-order valence-electron chi connectivity index (χ1n) is 4.30. The Bertz CT molecular complexity index is 440. The maximum absolute atomic E-state index is 12.5. The molecule has 1 aromatic heterocycles. The number of ether oxygens (including phenoxy) is 1. The first-order chi connectivity index (χ1) is 7.83. The molecule has 96 valence electrons. The minimum absolute atomic E-state index is 0.184. The third kappa shape index (κ3) is 4.32. The molecule has 1 aromatic rings. The molecule has 0 saturated carbocycles. The summed E-state index contributed by atoms with van der Waals surface area (Å²) in [5.41, 5.74) is 0. The highest BCUT2D eigenvalue weighted by Crippen LogP contribution is 2.23. The fourth-order valence-corrected chi connectivity index (χ4v) is 1.21. The van der Waals surface area contributed by atoms with E-state index >= 15 is 0 Å². The summed E-state index contributed by atoms with van der Waals surface area (Å²) in [5, 5.41) is 0. The molecule has 3 nitrogen and oxygen atoms in total. The second kappa shape index (κ2) is 5.87. The molecule has 1 N–H and O–H groups in total. The van der Waals surface area contributed by atoms with E-state index < -0.39 is 19.0 Å². The Morgan fingerprint density at radius 1 is 1.53 bits per heavy atom. The van der Waals surface area contributed by atoms with Crippen LogP contribution in [0.15, 0.2) is 10.7 Å². The average molecular weight is 335 g/mol. The molecule has 1 heterocycles. The molecule has 0 atom stereocenters. The lowest BCUT2D eigenvalue weighted by molar-refractivity contribution is -0.168. The molecule has 0 radical (unpaired) electrons. The van der Waals surface area contributed by atoms with Crippen LogP contribution in [0.5, 0.6) is 0 Å². The number of rotatable bonds is 5. The Balaban J connectivity index is 2.52. The first kappa shape index (κ1) is 14.5. The average Bonchev–Trinajstić information content (AvgIpc) is 2.23. The van der Waals surface area contributed by atoms with Gasteiger partial charge in [0.15, 0.2) is 0 Å². The Kier molecular flexibility index (Phi) is 5.02. The molecule has 0 aromatic carbocycles. The van der Waals surface area contributed by atoms with Crippen molar-refractivity contribution in [2.75, 3.05) is 6.61 Å². The summed E-state index contributed by atoms with van der Waals surface area (Å²) in [5.74, 6) is -3.98. The lowest BCUT2D eigenvalue weighted by Crippen LogP contribution is -2.32. The van der Waals surface area contributed by atoms with Crippen LogP contribution in [-0.2, 0) is 11.3 Å². The standard InChI is InChI=1S/C8H7BrF4N2OS/c9-4-1-14-5(15-6(4)17)2-16-3-8(12,13)7(10)11/h1,7H,2-3H2,(H,14,15,17). The molecule has 0 saturated heterocycles. The van der Waals surface area contributed by atoms with Crippen LogP contribution >= 0.6 is 28.1 Å². The maximum Gasteiger partial charge on any atom is 0.330 e. The molecule has 9 heteroatoms. The highest BCUT2D eigenvalue weighted by molar-refractivity contribution is 9.10. The van der Waals surface area contributed by atoms with E-state index in [4.69, 9.17) is 12.2 Å². The maximum atomic E-state index is 12.5. The molecule has 0 aliphatic rings. The van der Waals surface area contributed by atoms with Gasteiger partial charge in [0.1, 0.15) is 23.7 Å². The normalized spacial score (nSPS) is 12.1. The van der Waals surface area contributed by atoms with Crippen LogP contribution in [-0.4, -0.2) is 28.9 Å². The van der Waals surface area contributed by atoms with Crippen molar-refractivity contribution in [2.24, 2.45) is 0 Å². The van der Waals surface area contributed by atoms with Gasteiger partial charge < -0.3 is 9.72 Å². The Morgan fingerprint density at radius 3 is 2.71 bits per heavy atom. The fraction of sp³-hybridized carbons (Fsp3) is 0.500. The summed E-state index contributed by atoms with van der Waals surface area (Å²) in [4.78, 5) is 6.37. The highest BCUT2D eigenvalue weighted by Gasteiger charge is 2.40.